The Morgan fingerprint density at radius 1 is 0.538 bits per heavy atom. The van der Waals surface area contributed by atoms with Gasteiger partial charge in [0.05, 0.1) is 6.54 Å². The predicted molar refractivity (Wildman–Crippen MR) is 120 cm³/mol. The van der Waals surface area contributed by atoms with Gasteiger partial charge in [0, 0.05) is 0 Å². The van der Waals surface area contributed by atoms with Crippen molar-refractivity contribution in [2.24, 2.45) is 4.99 Å². The van der Waals surface area contributed by atoms with Gasteiger partial charge in [0.25, 0.3) is 0 Å². The molecular formula is C21H41Cl2NOSi. The summed E-state index contributed by atoms with van der Waals surface area (Å²) < 4.78 is 0. The van der Waals surface area contributed by atoms with Crippen LogP contribution in [-0.2, 0) is 4.79 Å². The van der Waals surface area contributed by atoms with E-state index < -0.39 is 7.42 Å². The maximum atomic E-state index is 9.92. The molecule has 0 aliphatic rings. The largest absolute Gasteiger partial charge is 0.237 e. The summed E-state index contributed by atoms with van der Waals surface area (Å²) in [6.07, 6.45) is 25.9. The van der Waals surface area contributed by atoms with E-state index >= 15 is 0 Å². The molecule has 0 fully saturated rings. The smallest absolute Gasteiger partial charge is 0.211 e. The first-order valence-electron chi connectivity index (χ1n) is 11.1. The minimum Gasteiger partial charge on any atom is -0.211 e. The van der Waals surface area contributed by atoms with Crippen LogP contribution in [0.25, 0.3) is 0 Å². The summed E-state index contributed by atoms with van der Waals surface area (Å²) in [5.74, 6) is 0. The van der Waals surface area contributed by atoms with Gasteiger partial charge in [-0.1, -0.05) is 109 Å². The van der Waals surface area contributed by atoms with Crippen LogP contribution >= 0.6 is 22.2 Å². The Bertz CT molecular complexity index is 323. The summed E-state index contributed by atoms with van der Waals surface area (Å²) in [4.78, 5) is 13.5. The van der Waals surface area contributed by atoms with Crippen LogP contribution in [-0.4, -0.2) is 20.0 Å². The lowest BCUT2D eigenvalue weighted by Gasteiger charge is -2.04. The fourth-order valence-corrected chi connectivity index (χ4v) is 4.89. The summed E-state index contributed by atoms with van der Waals surface area (Å²) in [5, 5.41) is 0. The van der Waals surface area contributed by atoms with Gasteiger partial charge in [-0.25, -0.2) is 9.79 Å². The van der Waals surface area contributed by atoms with Gasteiger partial charge in [0.15, 0.2) is 0 Å². The topological polar surface area (TPSA) is 29.4 Å². The van der Waals surface area contributed by atoms with Crippen molar-refractivity contribution in [3.05, 3.63) is 0 Å². The van der Waals surface area contributed by atoms with Crippen molar-refractivity contribution in [2.45, 2.75) is 122 Å². The van der Waals surface area contributed by atoms with E-state index in [0.29, 0.717) is 6.54 Å². The van der Waals surface area contributed by atoms with E-state index in [1.54, 1.807) is 6.08 Å². The van der Waals surface area contributed by atoms with E-state index in [9.17, 15) is 4.79 Å². The Morgan fingerprint density at radius 3 is 1.15 bits per heavy atom. The van der Waals surface area contributed by atoms with Crippen molar-refractivity contribution in [2.75, 3.05) is 6.54 Å². The Balaban J connectivity index is 3.00. The first kappa shape index (κ1) is 26.2. The van der Waals surface area contributed by atoms with E-state index in [-0.39, 0.29) is 0 Å². The predicted octanol–water partition coefficient (Wildman–Crippen LogP) is 8.04. The zero-order valence-electron chi connectivity index (χ0n) is 16.8. The van der Waals surface area contributed by atoms with Crippen LogP contribution in [0.3, 0.4) is 0 Å². The quantitative estimate of drug-likeness (QED) is 0.0605. The molecule has 0 aliphatic carbocycles. The molecular weight excluding hydrogens is 381 g/mol. The molecule has 0 rings (SSSR count). The summed E-state index contributed by atoms with van der Waals surface area (Å²) in [6.45, 7) is 0.661. The molecule has 0 bridgehead atoms. The van der Waals surface area contributed by atoms with Crippen molar-refractivity contribution in [1.82, 2.24) is 0 Å². The molecule has 0 saturated heterocycles. The average Bonchev–Trinajstić information content (AvgIpc) is 2.62. The molecule has 0 aromatic heterocycles. The van der Waals surface area contributed by atoms with Crippen molar-refractivity contribution in [3.8, 4) is 0 Å². The van der Waals surface area contributed by atoms with Gasteiger partial charge in [-0.05, 0) is 12.5 Å². The summed E-state index contributed by atoms with van der Waals surface area (Å²) in [5.41, 5.74) is 0. The molecule has 0 atom stereocenters. The Kier molecular flexibility index (Phi) is 23.4. The van der Waals surface area contributed by atoms with Crippen LogP contribution in [0.1, 0.15) is 116 Å². The van der Waals surface area contributed by atoms with Crippen molar-refractivity contribution < 1.29 is 4.79 Å². The highest BCUT2D eigenvalue weighted by atomic mass is 35.7. The molecule has 0 heterocycles. The van der Waals surface area contributed by atoms with Crippen molar-refractivity contribution in [1.29, 1.82) is 0 Å². The molecule has 0 amide bonds. The summed E-state index contributed by atoms with van der Waals surface area (Å²) >= 11 is 11.7. The third-order valence-electron chi connectivity index (χ3n) is 5.01. The van der Waals surface area contributed by atoms with Crippen LogP contribution in [0.4, 0.5) is 0 Å². The Hall–Kier alpha value is 0.177. The maximum Gasteiger partial charge on any atom is 0.237 e. The minimum absolute atomic E-state index is 0.661. The van der Waals surface area contributed by atoms with Gasteiger partial charge >= 0.3 is 0 Å². The second-order valence-corrected chi connectivity index (χ2v) is 12.7. The molecule has 154 valence electrons. The van der Waals surface area contributed by atoms with E-state index in [1.807, 2.05) is 0 Å². The van der Waals surface area contributed by atoms with Crippen LogP contribution in [0, 0.1) is 0 Å². The molecule has 0 aliphatic heterocycles. The average molecular weight is 423 g/mol. The molecule has 0 unspecified atom stereocenters. The van der Waals surface area contributed by atoms with Gasteiger partial charge in [0.2, 0.25) is 13.5 Å². The molecule has 2 nitrogen and oxygen atoms in total. The second kappa shape index (κ2) is 23.2. The highest BCUT2D eigenvalue weighted by Crippen LogP contribution is 2.15. The van der Waals surface area contributed by atoms with E-state index in [0.717, 1.165) is 12.5 Å². The molecule has 0 spiro atoms. The van der Waals surface area contributed by atoms with Crippen LogP contribution in [0.5, 0.6) is 0 Å². The molecule has 0 N–H and O–H groups in total. The lowest BCUT2D eigenvalue weighted by atomic mass is 10.0. The maximum absolute atomic E-state index is 9.92. The van der Waals surface area contributed by atoms with Crippen LogP contribution < -0.4 is 0 Å². The second-order valence-electron chi connectivity index (χ2n) is 7.52. The minimum atomic E-state index is -1.34. The number of unbranched alkanes of at least 4 members (excludes halogenated alkanes) is 17. The zero-order valence-corrected chi connectivity index (χ0v) is 19.5. The lowest BCUT2D eigenvalue weighted by Crippen LogP contribution is -1.91. The van der Waals surface area contributed by atoms with Gasteiger partial charge in [-0.15, -0.1) is 0 Å². The highest BCUT2D eigenvalue weighted by molar-refractivity contribution is 7.33. The molecule has 0 aromatic rings. The fourth-order valence-electron chi connectivity index (χ4n) is 3.36. The number of hydrogen-bond donors (Lipinski definition) is 0. The number of hydrogen-bond acceptors (Lipinski definition) is 2. The summed E-state index contributed by atoms with van der Waals surface area (Å²) in [7, 11) is -1.34. The third-order valence-corrected chi connectivity index (χ3v) is 7.16. The highest BCUT2D eigenvalue weighted by Gasteiger charge is 2.00. The monoisotopic (exact) mass is 421 g/mol. The van der Waals surface area contributed by atoms with Crippen molar-refractivity contribution >= 4 is 35.7 Å². The molecule has 0 radical (unpaired) electrons. The van der Waals surface area contributed by atoms with Gasteiger partial charge in [0.1, 0.15) is 0 Å². The number of nitrogens with zero attached hydrogens (tertiary/aromatic N) is 1. The van der Waals surface area contributed by atoms with Gasteiger partial charge in [-0.3, -0.25) is 0 Å². The van der Waals surface area contributed by atoms with Crippen LogP contribution in [0.15, 0.2) is 4.99 Å². The first-order chi connectivity index (χ1) is 12.8. The molecule has 0 saturated carbocycles. The van der Waals surface area contributed by atoms with Crippen molar-refractivity contribution in [3.63, 3.8) is 0 Å². The zero-order chi connectivity index (χ0) is 19.1. The van der Waals surface area contributed by atoms with Crippen LogP contribution in [0.2, 0.25) is 6.04 Å². The number of rotatable bonds is 21. The Labute approximate surface area is 173 Å². The molecule has 5 heteroatoms. The number of halogens is 2. The van der Waals surface area contributed by atoms with E-state index in [2.05, 4.69) is 4.99 Å². The van der Waals surface area contributed by atoms with Gasteiger partial charge < -0.3 is 0 Å². The fraction of sp³-hybridized carbons (Fsp3) is 0.952. The summed E-state index contributed by atoms with van der Waals surface area (Å²) in [6, 6.07) is 1.08. The number of carbonyl (C=O) groups excluding carboxylic acids is 1. The SMILES string of the molecule is O=C=NCCCCCCCCCCCCCCCCCCCC[SiH](Cl)Cl. The lowest BCUT2D eigenvalue weighted by molar-refractivity contribution is 0.525. The van der Waals surface area contributed by atoms with E-state index in [1.165, 1.54) is 109 Å². The standard InChI is InChI=1S/C21H41Cl2NOSi/c22-26(23)20-18-16-14-12-10-8-6-4-2-1-3-5-7-9-11-13-15-17-19-24-21-25/h26H,1-20H2. The Morgan fingerprint density at radius 2 is 0.846 bits per heavy atom. The molecule has 26 heavy (non-hydrogen) atoms. The number of aliphatic imine (C=N–C) groups is 1. The molecule has 0 aromatic carbocycles. The first-order valence-corrected chi connectivity index (χ1v) is 15.4. The number of isocyanates is 1. The normalized spacial score (nSPS) is 11.0. The van der Waals surface area contributed by atoms with Gasteiger partial charge in [-0.2, -0.15) is 22.2 Å². The third kappa shape index (κ3) is 24.2. The van der Waals surface area contributed by atoms with E-state index in [4.69, 9.17) is 22.2 Å².